The summed E-state index contributed by atoms with van der Waals surface area (Å²) in [6.45, 7) is -0.277. The molecule has 3 aromatic rings. The summed E-state index contributed by atoms with van der Waals surface area (Å²) in [7, 11) is 0. The van der Waals surface area contributed by atoms with E-state index in [-0.39, 0.29) is 12.4 Å². The Bertz CT molecular complexity index is 1000. The predicted octanol–water partition coefficient (Wildman–Crippen LogP) is 0.836. The van der Waals surface area contributed by atoms with E-state index in [1.54, 1.807) is 4.57 Å². The van der Waals surface area contributed by atoms with Crippen molar-refractivity contribution in [2.24, 2.45) is 0 Å². The van der Waals surface area contributed by atoms with Gasteiger partial charge in [-0.1, -0.05) is 54.3 Å². The first-order chi connectivity index (χ1) is 14.1. The molecule has 4 rings (SSSR count). The lowest BCUT2D eigenvalue weighted by Gasteiger charge is -2.22. The van der Waals surface area contributed by atoms with Gasteiger partial charge >= 0.3 is 0 Å². The molecule has 0 saturated carbocycles. The number of fused-ring (bicyclic) bond motifs is 1. The highest BCUT2D eigenvalue weighted by molar-refractivity contribution is 8.22. The number of thioether (sulfide) groups is 1. The molecule has 9 nitrogen and oxygen atoms in total. The highest BCUT2D eigenvalue weighted by Crippen LogP contribution is 2.32. The molecule has 0 bridgehead atoms. The first kappa shape index (κ1) is 20.0. The summed E-state index contributed by atoms with van der Waals surface area (Å²) in [6.07, 6.45) is 0.373. The minimum atomic E-state index is -0.990. The number of aliphatic hydroxyl groups excluding tert-OH is 2. The van der Waals surface area contributed by atoms with Crippen LogP contribution in [0.5, 0.6) is 0 Å². The lowest BCUT2D eigenvalue weighted by molar-refractivity contribution is -0.0489. The number of thiocarbonyl (C=S) groups is 1. The van der Waals surface area contributed by atoms with Crippen molar-refractivity contribution in [3.05, 3.63) is 48.5 Å². The second-order valence-corrected chi connectivity index (χ2v) is 8.21. The van der Waals surface area contributed by atoms with E-state index in [9.17, 15) is 10.2 Å². The van der Waals surface area contributed by atoms with Gasteiger partial charge in [0.25, 0.3) is 0 Å². The molecule has 1 aliphatic heterocycles. The van der Waals surface area contributed by atoms with Crippen LogP contribution < -0.4 is 11.1 Å². The third-order valence-electron chi connectivity index (χ3n) is 4.71. The monoisotopic (exact) mass is 432 g/mol. The Balaban J connectivity index is 1.47. The lowest BCUT2D eigenvalue weighted by atomic mass is 10.1. The van der Waals surface area contributed by atoms with Crippen LogP contribution in [0.4, 0.5) is 5.82 Å². The Morgan fingerprint density at radius 2 is 2.07 bits per heavy atom. The van der Waals surface area contributed by atoms with Crippen LogP contribution in [0.15, 0.2) is 43.0 Å². The van der Waals surface area contributed by atoms with E-state index in [1.165, 1.54) is 24.4 Å². The van der Waals surface area contributed by atoms with E-state index in [2.05, 4.69) is 20.3 Å². The third-order valence-corrected chi connectivity index (χ3v) is 6.04. The van der Waals surface area contributed by atoms with Crippen LogP contribution in [-0.4, -0.2) is 58.9 Å². The Kier molecular flexibility index (Phi) is 5.92. The number of nitrogens with one attached hydrogen (secondary N) is 1. The second kappa shape index (κ2) is 8.59. The molecule has 11 heteroatoms. The maximum Gasteiger partial charge on any atom is 0.167 e. The number of anilines is 1. The van der Waals surface area contributed by atoms with E-state index in [0.29, 0.717) is 21.2 Å². The average Bonchev–Trinajstić information content (AvgIpc) is 3.29. The fraction of sp³-hybridized carbons (Fsp3) is 0.333. The van der Waals surface area contributed by atoms with Crippen molar-refractivity contribution in [2.45, 2.75) is 30.2 Å². The molecule has 0 unspecified atom stereocenters. The lowest BCUT2D eigenvalue weighted by Crippen LogP contribution is -2.47. The van der Waals surface area contributed by atoms with Crippen molar-refractivity contribution in [3.8, 4) is 0 Å². The van der Waals surface area contributed by atoms with Crippen molar-refractivity contribution in [1.82, 2.24) is 24.8 Å². The minimum Gasteiger partial charge on any atom is -0.394 e. The zero-order valence-corrected chi connectivity index (χ0v) is 16.9. The SMILES string of the molecule is Nc1ncnc2c1ncn2[C@H]1O[C@@H](CO)[C@H](NC(=S)SCc2ccccc2)[C@H]1O. The maximum atomic E-state index is 10.9. The van der Waals surface area contributed by atoms with Crippen molar-refractivity contribution in [3.63, 3.8) is 0 Å². The molecule has 1 saturated heterocycles. The Labute approximate surface area is 176 Å². The van der Waals surface area contributed by atoms with Crippen LogP contribution in [0, 0.1) is 0 Å². The first-order valence-electron chi connectivity index (χ1n) is 8.93. The molecule has 0 spiro atoms. The van der Waals surface area contributed by atoms with Gasteiger partial charge in [0.2, 0.25) is 0 Å². The molecule has 152 valence electrons. The highest BCUT2D eigenvalue weighted by Gasteiger charge is 2.45. The number of ether oxygens (including phenoxy) is 1. The van der Waals surface area contributed by atoms with E-state index < -0.39 is 24.5 Å². The second-order valence-electron chi connectivity index (χ2n) is 6.55. The number of nitrogen functional groups attached to an aromatic ring is 1. The van der Waals surface area contributed by atoms with Gasteiger partial charge in [0.15, 0.2) is 17.7 Å². The summed E-state index contributed by atoms with van der Waals surface area (Å²) in [5.74, 6) is 0.944. The zero-order chi connectivity index (χ0) is 20.4. The smallest absolute Gasteiger partial charge is 0.167 e. The number of imidazole rings is 1. The van der Waals surface area contributed by atoms with Crippen molar-refractivity contribution < 1.29 is 14.9 Å². The summed E-state index contributed by atoms with van der Waals surface area (Å²) in [4.78, 5) is 12.3. The fourth-order valence-corrected chi connectivity index (χ4v) is 4.29. The molecule has 2 aromatic heterocycles. The largest absolute Gasteiger partial charge is 0.394 e. The average molecular weight is 433 g/mol. The summed E-state index contributed by atoms with van der Waals surface area (Å²) >= 11 is 6.87. The van der Waals surface area contributed by atoms with Gasteiger partial charge in [0.05, 0.1) is 19.0 Å². The number of hydrogen-bond acceptors (Lipinski definition) is 9. The van der Waals surface area contributed by atoms with E-state index >= 15 is 0 Å². The summed E-state index contributed by atoms with van der Waals surface area (Å²) in [5.41, 5.74) is 7.84. The molecule has 0 radical (unpaired) electrons. The van der Waals surface area contributed by atoms with Gasteiger partial charge in [-0.15, -0.1) is 0 Å². The van der Waals surface area contributed by atoms with Crippen LogP contribution in [0.2, 0.25) is 0 Å². The Hall–Kier alpha value is -2.31. The molecule has 4 atom stereocenters. The molecule has 1 fully saturated rings. The maximum absolute atomic E-state index is 10.9. The van der Waals surface area contributed by atoms with E-state index in [4.69, 9.17) is 22.7 Å². The molecule has 1 aliphatic rings. The van der Waals surface area contributed by atoms with Gasteiger partial charge in [-0.2, -0.15) is 0 Å². The van der Waals surface area contributed by atoms with E-state index in [1.807, 2.05) is 30.3 Å². The number of aromatic nitrogens is 4. The summed E-state index contributed by atoms with van der Waals surface area (Å²) in [6, 6.07) is 9.36. The Morgan fingerprint density at radius 1 is 1.28 bits per heavy atom. The first-order valence-corrected chi connectivity index (χ1v) is 10.3. The van der Waals surface area contributed by atoms with E-state index in [0.717, 1.165) is 5.56 Å². The molecule has 1 aromatic carbocycles. The fourth-order valence-electron chi connectivity index (χ4n) is 3.26. The van der Waals surface area contributed by atoms with Gasteiger partial charge < -0.3 is 26.0 Å². The van der Waals surface area contributed by atoms with Gasteiger partial charge in [-0.05, 0) is 5.56 Å². The Morgan fingerprint density at radius 3 is 2.83 bits per heavy atom. The van der Waals surface area contributed by atoms with Crippen molar-refractivity contribution in [2.75, 3.05) is 12.3 Å². The molecule has 0 aliphatic carbocycles. The highest BCUT2D eigenvalue weighted by atomic mass is 32.2. The van der Waals surface area contributed by atoms with Crippen LogP contribution >= 0.6 is 24.0 Å². The number of nitrogens with two attached hydrogens (primary N) is 1. The molecular formula is C18H20N6O3S2. The van der Waals surface area contributed by atoms with Crippen LogP contribution in [0.25, 0.3) is 11.2 Å². The molecule has 0 amide bonds. The summed E-state index contributed by atoms with van der Waals surface area (Å²) in [5, 5.41) is 23.8. The van der Waals surface area contributed by atoms with Gasteiger partial charge in [-0.25, -0.2) is 15.0 Å². The molecule has 3 heterocycles. The normalized spacial score (nSPS) is 24.1. The summed E-state index contributed by atoms with van der Waals surface area (Å²) < 4.78 is 7.98. The number of nitrogens with zero attached hydrogens (tertiary/aromatic N) is 4. The van der Waals surface area contributed by atoms with Crippen LogP contribution in [0.1, 0.15) is 11.8 Å². The van der Waals surface area contributed by atoms with Gasteiger partial charge in [0.1, 0.15) is 28.4 Å². The quantitative estimate of drug-likeness (QED) is 0.430. The number of rotatable bonds is 5. The topological polar surface area (TPSA) is 131 Å². The molecule has 29 heavy (non-hydrogen) atoms. The number of hydrogen-bond donors (Lipinski definition) is 4. The van der Waals surface area contributed by atoms with Crippen molar-refractivity contribution >= 4 is 45.3 Å². The van der Waals surface area contributed by atoms with Crippen LogP contribution in [-0.2, 0) is 10.5 Å². The van der Waals surface area contributed by atoms with Gasteiger partial charge in [0, 0.05) is 5.75 Å². The van der Waals surface area contributed by atoms with Crippen molar-refractivity contribution in [1.29, 1.82) is 0 Å². The predicted molar refractivity (Wildman–Crippen MR) is 114 cm³/mol. The number of benzene rings is 1. The van der Waals surface area contributed by atoms with Gasteiger partial charge in [-0.3, -0.25) is 4.57 Å². The molecular weight excluding hydrogens is 412 g/mol. The number of aliphatic hydroxyl groups is 2. The minimum absolute atomic E-state index is 0.244. The standard InChI is InChI=1S/C18H20N6O3S2/c19-15-13-16(21-8-20-15)24(9-22-13)17-14(26)12(11(6-25)27-17)23-18(28)29-7-10-4-2-1-3-5-10/h1-5,8-9,11-12,14,17,25-26H,6-7H2,(H,23,28)(H2,19,20,21)/t11-,12-,14+,17-/m0/s1. The molecule has 5 N–H and O–H groups in total. The zero-order valence-electron chi connectivity index (χ0n) is 15.3. The third kappa shape index (κ3) is 4.05. The van der Waals surface area contributed by atoms with Crippen LogP contribution in [0.3, 0.4) is 0 Å².